The Labute approximate surface area is 104 Å². The second-order valence-electron chi connectivity index (χ2n) is 3.74. The molecule has 0 atom stereocenters. The number of carboxylic acids is 1. The highest BCUT2D eigenvalue weighted by atomic mass is 16.4. The molecule has 2 N–H and O–H groups in total. The van der Waals surface area contributed by atoms with Crippen LogP contribution in [-0.4, -0.2) is 37.4 Å². The molecule has 0 aliphatic carbocycles. The predicted octanol–water partition coefficient (Wildman–Crippen LogP) is 0.563. The van der Waals surface area contributed by atoms with E-state index in [0.717, 1.165) is 12.2 Å². The SMILES string of the molecule is Cn1ccnc1CCNc1ccc(C(=O)O)nn1. The number of imidazole rings is 1. The number of aryl methyl sites for hydroxylation is 1. The van der Waals surface area contributed by atoms with E-state index in [9.17, 15) is 4.79 Å². The van der Waals surface area contributed by atoms with Gasteiger partial charge < -0.3 is 15.0 Å². The number of nitrogens with zero attached hydrogens (tertiary/aromatic N) is 4. The molecule has 0 unspecified atom stereocenters. The van der Waals surface area contributed by atoms with Gasteiger partial charge in [-0.3, -0.25) is 0 Å². The van der Waals surface area contributed by atoms with Gasteiger partial charge in [0.1, 0.15) is 11.6 Å². The highest BCUT2D eigenvalue weighted by molar-refractivity contribution is 5.85. The van der Waals surface area contributed by atoms with Crippen LogP contribution in [0.4, 0.5) is 5.82 Å². The topological polar surface area (TPSA) is 92.9 Å². The first-order valence-electron chi connectivity index (χ1n) is 5.44. The molecule has 0 amide bonds. The van der Waals surface area contributed by atoms with Gasteiger partial charge >= 0.3 is 5.97 Å². The minimum atomic E-state index is -1.08. The predicted molar refractivity (Wildman–Crippen MR) is 64.4 cm³/mol. The third-order valence-electron chi connectivity index (χ3n) is 2.46. The van der Waals surface area contributed by atoms with Crippen LogP contribution in [0.1, 0.15) is 16.3 Å². The molecule has 7 heteroatoms. The second-order valence-corrected chi connectivity index (χ2v) is 3.74. The van der Waals surface area contributed by atoms with Crippen molar-refractivity contribution in [2.45, 2.75) is 6.42 Å². The third-order valence-corrected chi connectivity index (χ3v) is 2.46. The van der Waals surface area contributed by atoms with Crippen LogP contribution < -0.4 is 5.32 Å². The molecule has 2 aromatic heterocycles. The molecule has 0 fully saturated rings. The lowest BCUT2D eigenvalue weighted by Gasteiger charge is -2.05. The van der Waals surface area contributed by atoms with Gasteiger partial charge in [-0.15, -0.1) is 10.2 Å². The normalized spacial score (nSPS) is 10.3. The van der Waals surface area contributed by atoms with E-state index in [-0.39, 0.29) is 5.69 Å². The Kier molecular flexibility index (Phi) is 3.52. The minimum absolute atomic E-state index is 0.0651. The number of nitrogens with one attached hydrogen (secondary N) is 1. The lowest BCUT2D eigenvalue weighted by atomic mass is 10.3. The van der Waals surface area contributed by atoms with Gasteiger partial charge in [0.2, 0.25) is 0 Å². The van der Waals surface area contributed by atoms with Crippen LogP contribution in [0.3, 0.4) is 0 Å². The molecule has 18 heavy (non-hydrogen) atoms. The summed E-state index contributed by atoms with van der Waals surface area (Å²) in [6.45, 7) is 0.659. The summed E-state index contributed by atoms with van der Waals surface area (Å²) >= 11 is 0. The lowest BCUT2D eigenvalue weighted by molar-refractivity contribution is 0.0689. The molecule has 2 aromatic rings. The van der Waals surface area contributed by atoms with E-state index in [2.05, 4.69) is 20.5 Å². The molecule has 0 saturated carbocycles. The van der Waals surface area contributed by atoms with Crippen LogP contribution in [0.5, 0.6) is 0 Å². The first-order valence-corrected chi connectivity index (χ1v) is 5.44. The number of carbonyl (C=O) groups is 1. The number of hydrogen-bond donors (Lipinski definition) is 2. The van der Waals surface area contributed by atoms with E-state index in [1.807, 2.05) is 17.8 Å². The summed E-state index contributed by atoms with van der Waals surface area (Å²) in [6.07, 6.45) is 4.39. The monoisotopic (exact) mass is 247 g/mol. The zero-order chi connectivity index (χ0) is 13.0. The molecule has 0 saturated heterocycles. The van der Waals surface area contributed by atoms with Crippen molar-refractivity contribution in [2.24, 2.45) is 7.05 Å². The van der Waals surface area contributed by atoms with E-state index >= 15 is 0 Å². The van der Waals surface area contributed by atoms with Gasteiger partial charge in [0.25, 0.3) is 0 Å². The van der Waals surface area contributed by atoms with Crippen molar-refractivity contribution in [1.29, 1.82) is 0 Å². The van der Waals surface area contributed by atoms with Gasteiger partial charge in [0, 0.05) is 32.4 Å². The fourth-order valence-electron chi connectivity index (χ4n) is 1.48. The smallest absolute Gasteiger partial charge is 0.356 e. The van der Waals surface area contributed by atoms with Crippen molar-refractivity contribution in [1.82, 2.24) is 19.7 Å². The maximum absolute atomic E-state index is 10.6. The minimum Gasteiger partial charge on any atom is -0.476 e. The number of aromatic nitrogens is 4. The summed E-state index contributed by atoms with van der Waals surface area (Å²) in [5.74, 6) is 0.439. The number of rotatable bonds is 5. The largest absolute Gasteiger partial charge is 0.476 e. The quantitative estimate of drug-likeness (QED) is 0.802. The molecule has 0 spiro atoms. The fourth-order valence-corrected chi connectivity index (χ4v) is 1.48. The van der Waals surface area contributed by atoms with E-state index < -0.39 is 5.97 Å². The lowest BCUT2D eigenvalue weighted by Crippen LogP contribution is -2.11. The fraction of sp³-hybridized carbons (Fsp3) is 0.273. The van der Waals surface area contributed by atoms with Crippen molar-refractivity contribution >= 4 is 11.8 Å². The molecular formula is C11H13N5O2. The van der Waals surface area contributed by atoms with Gasteiger partial charge in [-0.25, -0.2) is 9.78 Å². The molecule has 0 radical (unpaired) electrons. The Morgan fingerprint density at radius 3 is 2.83 bits per heavy atom. The first kappa shape index (κ1) is 12.0. The van der Waals surface area contributed by atoms with Gasteiger partial charge in [0.05, 0.1) is 0 Å². The van der Waals surface area contributed by atoms with E-state index in [1.54, 1.807) is 12.3 Å². The van der Waals surface area contributed by atoms with E-state index in [0.29, 0.717) is 12.4 Å². The Morgan fingerprint density at radius 1 is 1.44 bits per heavy atom. The van der Waals surface area contributed by atoms with E-state index in [1.165, 1.54) is 6.07 Å². The van der Waals surface area contributed by atoms with Crippen LogP contribution in [-0.2, 0) is 13.5 Å². The molecule has 0 aromatic carbocycles. The highest BCUT2D eigenvalue weighted by Gasteiger charge is 2.05. The van der Waals surface area contributed by atoms with Crippen molar-refractivity contribution in [3.8, 4) is 0 Å². The molecule has 0 aliphatic rings. The molecule has 2 heterocycles. The number of aromatic carboxylic acids is 1. The van der Waals surface area contributed by atoms with Crippen molar-refractivity contribution in [3.63, 3.8) is 0 Å². The molecule has 94 valence electrons. The Morgan fingerprint density at radius 2 is 2.28 bits per heavy atom. The second kappa shape index (κ2) is 5.26. The van der Waals surface area contributed by atoms with Crippen LogP contribution in [0.15, 0.2) is 24.5 Å². The number of carboxylic acid groups (broad SMARTS) is 1. The highest BCUT2D eigenvalue weighted by Crippen LogP contribution is 2.02. The number of hydrogen-bond acceptors (Lipinski definition) is 5. The van der Waals surface area contributed by atoms with E-state index in [4.69, 9.17) is 5.11 Å². The molecular weight excluding hydrogens is 234 g/mol. The first-order chi connectivity index (χ1) is 8.66. The van der Waals surface area contributed by atoms with Gasteiger partial charge in [0.15, 0.2) is 5.69 Å². The summed E-state index contributed by atoms with van der Waals surface area (Å²) in [6, 6.07) is 3.01. The maximum atomic E-state index is 10.6. The summed E-state index contributed by atoms with van der Waals surface area (Å²) in [5.41, 5.74) is -0.0651. The molecule has 0 bridgehead atoms. The van der Waals surface area contributed by atoms with Gasteiger partial charge in [-0.05, 0) is 12.1 Å². The third kappa shape index (κ3) is 2.82. The Bertz CT molecular complexity index is 535. The van der Waals surface area contributed by atoms with Crippen LogP contribution in [0.2, 0.25) is 0 Å². The number of anilines is 1. The molecule has 2 rings (SSSR count). The van der Waals surface area contributed by atoms with Gasteiger partial charge in [-0.1, -0.05) is 0 Å². The average Bonchev–Trinajstić information content (AvgIpc) is 2.76. The molecule has 7 nitrogen and oxygen atoms in total. The molecule has 0 aliphatic heterocycles. The zero-order valence-corrected chi connectivity index (χ0v) is 9.87. The summed E-state index contributed by atoms with van der Waals surface area (Å²) in [4.78, 5) is 14.8. The van der Waals surface area contributed by atoms with Crippen molar-refractivity contribution in [3.05, 3.63) is 36.0 Å². The summed E-state index contributed by atoms with van der Waals surface area (Å²) in [5, 5.41) is 19.1. The van der Waals surface area contributed by atoms with Crippen molar-refractivity contribution in [2.75, 3.05) is 11.9 Å². The zero-order valence-electron chi connectivity index (χ0n) is 9.87. The average molecular weight is 247 g/mol. The Balaban J connectivity index is 1.87. The maximum Gasteiger partial charge on any atom is 0.356 e. The standard InChI is InChI=1S/C11H13N5O2/c1-16-7-6-13-10(16)4-5-12-9-3-2-8(11(17)18)14-15-9/h2-3,6-7H,4-5H2,1H3,(H,12,15)(H,17,18). The summed E-state index contributed by atoms with van der Waals surface area (Å²) < 4.78 is 1.95. The van der Waals surface area contributed by atoms with Gasteiger partial charge in [-0.2, -0.15) is 0 Å². The van der Waals surface area contributed by atoms with Crippen LogP contribution in [0, 0.1) is 0 Å². The summed E-state index contributed by atoms with van der Waals surface area (Å²) in [7, 11) is 1.93. The van der Waals surface area contributed by atoms with Crippen LogP contribution in [0.25, 0.3) is 0 Å². The van der Waals surface area contributed by atoms with Crippen molar-refractivity contribution < 1.29 is 9.90 Å². The Hall–Kier alpha value is -2.44. The van der Waals surface area contributed by atoms with Crippen LogP contribution >= 0.6 is 0 Å².